The Hall–Kier alpha value is -2.33. The third-order valence-corrected chi connectivity index (χ3v) is 3.10. The smallest absolute Gasteiger partial charge is 0.313 e. The number of benzene rings is 2. The van der Waals surface area contributed by atoms with E-state index in [9.17, 15) is 4.79 Å². The summed E-state index contributed by atoms with van der Waals surface area (Å²) in [5, 5.41) is 8.88. The largest absolute Gasteiger partial charge is 0.323 e. The monoisotopic (exact) mass is 283 g/mol. The van der Waals surface area contributed by atoms with Crippen molar-refractivity contribution in [3.05, 3.63) is 59.7 Å². The van der Waals surface area contributed by atoms with Gasteiger partial charge in [0.15, 0.2) is 0 Å². The summed E-state index contributed by atoms with van der Waals surface area (Å²) in [6, 6.07) is 15.3. The number of anilines is 2. The Balaban J connectivity index is 1.88. The fourth-order valence-electron chi connectivity index (χ4n) is 1.91. The van der Waals surface area contributed by atoms with E-state index < -0.39 is 0 Å². The van der Waals surface area contributed by atoms with Gasteiger partial charge in [-0.05, 0) is 43.3 Å². The van der Waals surface area contributed by atoms with Gasteiger partial charge in [0, 0.05) is 17.9 Å². The molecule has 0 fully saturated rings. The highest BCUT2D eigenvalue weighted by Crippen LogP contribution is 2.12. The Morgan fingerprint density at radius 3 is 1.95 bits per heavy atom. The maximum absolute atomic E-state index is 11.9. The molecular weight excluding hydrogens is 262 g/mol. The van der Waals surface area contributed by atoms with Gasteiger partial charge in [-0.1, -0.05) is 36.8 Å². The number of aryl methyl sites for hydroxylation is 1. The highest BCUT2D eigenvalue weighted by molar-refractivity contribution is 5.99. The van der Waals surface area contributed by atoms with E-state index in [1.54, 1.807) is 0 Å². The van der Waals surface area contributed by atoms with Gasteiger partial charge in [0.2, 0.25) is 0 Å². The first-order chi connectivity index (χ1) is 10.2. The van der Waals surface area contributed by atoms with E-state index in [1.165, 1.54) is 5.56 Å². The first-order valence-electron chi connectivity index (χ1n) is 7.11. The molecule has 0 aliphatic rings. The van der Waals surface area contributed by atoms with Crippen LogP contribution in [0.4, 0.5) is 16.2 Å². The molecule has 0 bridgehead atoms. The highest BCUT2D eigenvalue weighted by Gasteiger charge is 2.02. The van der Waals surface area contributed by atoms with E-state index in [1.807, 2.05) is 55.5 Å². The molecule has 2 rings (SSSR count). The second-order valence-electron chi connectivity index (χ2n) is 4.92. The molecule has 4 heteroatoms. The minimum absolute atomic E-state index is 0.238. The highest BCUT2D eigenvalue weighted by atomic mass is 16.2. The third-order valence-electron chi connectivity index (χ3n) is 3.10. The normalized spacial score (nSPS) is 10.2. The lowest BCUT2D eigenvalue weighted by Crippen LogP contribution is -2.19. The van der Waals surface area contributed by atoms with Crippen molar-refractivity contribution in [2.24, 2.45) is 0 Å². The number of carbonyl (C=O) groups is 1. The second-order valence-corrected chi connectivity index (χ2v) is 4.92. The molecule has 0 aliphatic heterocycles. The van der Waals surface area contributed by atoms with Gasteiger partial charge in [0.25, 0.3) is 0 Å². The third kappa shape index (κ3) is 4.93. The molecule has 4 nitrogen and oxygen atoms in total. The molecule has 0 aliphatic carbocycles. The lowest BCUT2D eigenvalue weighted by molar-refractivity contribution is 0.262. The Bertz CT molecular complexity index is 576. The molecule has 2 aromatic carbocycles. The maximum atomic E-state index is 11.9. The summed E-state index contributed by atoms with van der Waals surface area (Å²) >= 11 is 0. The van der Waals surface area contributed by atoms with Crippen LogP contribution in [0, 0.1) is 6.92 Å². The average Bonchev–Trinajstić information content (AvgIpc) is 2.49. The Morgan fingerprint density at radius 1 is 0.905 bits per heavy atom. The fourth-order valence-corrected chi connectivity index (χ4v) is 1.91. The number of rotatable bonds is 5. The summed E-state index contributed by atoms with van der Waals surface area (Å²) < 4.78 is 0. The van der Waals surface area contributed by atoms with Crippen molar-refractivity contribution in [2.45, 2.75) is 20.4 Å². The first kappa shape index (κ1) is 15.1. The molecule has 0 spiro atoms. The zero-order chi connectivity index (χ0) is 15.1. The van der Waals surface area contributed by atoms with E-state index in [2.05, 4.69) is 22.9 Å². The molecule has 110 valence electrons. The van der Waals surface area contributed by atoms with Crippen molar-refractivity contribution in [1.29, 1.82) is 0 Å². The summed E-state index contributed by atoms with van der Waals surface area (Å²) in [6.45, 7) is 5.87. The zero-order valence-electron chi connectivity index (χ0n) is 12.4. The van der Waals surface area contributed by atoms with Gasteiger partial charge in [0.1, 0.15) is 0 Å². The summed E-state index contributed by atoms with van der Waals surface area (Å²) in [6.07, 6.45) is 0. The van der Waals surface area contributed by atoms with Crippen molar-refractivity contribution in [3.63, 3.8) is 0 Å². The van der Waals surface area contributed by atoms with Crippen LogP contribution in [-0.4, -0.2) is 12.6 Å². The topological polar surface area (TPSA) is 53.2 Å². The molecule has 0 aromatic heterocycles. The molecule has 0 heterocycles. The van der Waals surface area contributed by atoms with Gasteiger partial charge >= 0.3 is 6.03 Å². The SMILES string of the molecule is CCNCc1ccc(NC(=O)Nc2ccc(C)cc2)cc1. The van der Waals surface area contributed by atoms with Crippen LogP contribution in [0.2, 0.25) is 0 Å². The van der Waals surface area contributed by atoms with E-state index in [0.717, 1.165) is 30.0 Å². The standard InChI is InChI=1S/C17H21N3O/c1-3-18-12-14-6-10-16(11-7-14)20-17(21)19-15-8-4-13(2)5-9-15/h4-11,18H,3,12H2,1-2H3,(H2,19,20,21). The number of nitrogens with one attached hydrogen (secondary N) is 3. The molecule has 0 unspecified atom stereocenters. The lowest BCUT2D eigenvalue weighted by atomic mass is 10.2. The summed E-state index contributed by atoms with van der Waals surface area (Å²) in [5.74, 6) is 0. The molecule has 0 radical (unpaired) electrons. The van der Waals surface area contributed by atoms with Crippen molar-refractivity contribution in [2.75, 3.05) is 17.2 Å². The first-order valence-corrected chi connectivity index (χ1v) is 7.11. The van der Waals surface area contributed by atoms with E-state index in [4.69, 9.17) is 0 Å². The molecule has 2 aromatic rings. The van der Waals surface area contributed by atoms with Crippen LogP contribution in [-0.2, 0) is 6.54 Å². The maximum Gasteiger partial charge on any atom is 0.323 e. The zero-order valence-corrected chi connectivity index (χ0v) is 12.4. The van der Waals surface area contributed by atoms with Crippen LogP contribution in [0.5, 0.6) is 0 Å². The minimum atomic E-state index is -0.238. The van der Waals surface area contributed by atoms with Gasteiger partial charge in [-0.3, -0.25) is 0 Å². The number of amides is 2. The number of urea groups is 1. The Morgan fingerprint density at radius 2 is 1.43 bits per heavy atom. The van der Waals surface area contributed by atoms with Crippen molar-refractivity contribution >= 4 is 17.4 Å². The van der Waals surface area contributed by atoms with Gasteiger partial charge in [0.05, 0.1) is 0 Å². The summed E-state index contributed by atoms with van der Waals surface area (Å²) in [5.41, 5.74) is 3.92. The predicted molar refractivity (Wildman–Crippen MR) is 87.6 cm³/mol. The Labute approximate surface area is 125 Å². The fraction of sp³-hybridized carbons (Fsp3) is 0.235. The van der Waals surface area contributed by atoms with E-state index in [-0.39, 0.29) is 6.03 Å². The van der Waals surface area contributed by atoms with Gasteiger partial charge in [-0.15, -0.1) is 0 Å². The molecule has 21 heavy (non-hydrogen) atoms. The summed E-state index contributed by atoms with van der Waals surface area (Å²) in [7, 11) is 0. The van der Waals surface area contributed by atoms with Gasteiger partial charge in [-0.2, -0.15) is 0 Å². The molecule has 3 N–H and O–H groups in total. The van der Waals surface area contributed by atoms with Crippen LogP contribution in [0.25, 0.3) is 0 Å². The molecular formula is C17H21N3O. The number of carbonyl (C=O) groups excluding carboxylic acids is 1. The average molecular weight is 283 g/mol. The van der Waals surface area contributed by atoms with Crippen LogP contribution in [0.1, 0.15) is 18.1 Å². The quantitative estimate of drug-likeness (QED) is 0.782. The van der Waals surface area contributed by atoms with Crippen LogP contribution >= 0.6 is 0 Å². The van der Waals surface area contributed by atoms with Crippen molar-refractivity contribution in [3.8, 4) is 0 Å². The molecule has 0 atom stereocenters. The van der Waals surface area contributed by atoms with Gasteiger partial charge in [-0.25, -0.2) is 4.79 Å². The predicted octanol–water partition coefficient (Wildman–Crippen LogP) is 3.75. The minimum Gasteiger partial charge on any atom is -0.313 e. The Kier molecular flexibility index (Phi) is 5.35. The van der Waals surface area contributed by atoms with Crippen LogP contribution < -0.4 is 16.0 Å². The second kappa shape index (κ2) is 7.45. The van der Waals surface area contributed by atoms with E-state index in [0.29, 0.717) is 0 Å². The molecule has 0 saturated carbocycles. The van der Waals surface area contributed by atoms with Crippen LogP contribution in [0.3, 0.4) is 0 Å². The van der Waals surface area contributed by atoms with Gasteiger partial charge < -0.3 is 16.0 Å². The number of hydrogen-bond donors (Lipinski definition) is 3. The molecule has 0 saturated heterocycles. The summed E-state index contributed by atoms with van der Waals surface area (Å²) in [4.78, 5) is 11.9. The van der Waals surface area contributed by atoms with Crippen LogP contribution in [0.15, 0.2) is 48.5 Å². The van der Waals surface area contributed by atoms with Crippen molar-refractivity contribution < 1.29 is 4.79 Å². The lowest BCUT2D eigenvalue weighted by Gasteiger charge is -2.09. The molecule has 2 amide bonds. The van der Waals surface area contributed by atoms with Crippen molar-refractivity contribution in [1.82, 2.24) is 5.32 Å². The van der Waals surface area contributed by atoms with E-state index >= 15 is 0 Å². The number of hydrogen-bond acceptors (Lipinski definition) is 2.